The van der Waals surface area contributed by atoms with Gasteiger partial charge >= 0.3 is 6.03 Å². The fraction of sp³-hybridized carbons (Fsp3) is 0.391. The molecule has 0 saturated carbocycles. The maximum Gasteiger partial charge on any atom is 0.317 e. The molecule has 0 bridgehead atoms. The SMILES string of the molecule is O=C(NCCc1c[nH]c2ncccc12)N1CC(c2ccccc2)C2COCCC21. The van der Waals surface area contributed by atoms with Crippen LogP contribution in [0.4, 0.5) is 4.79 Å². The van der Waals surface area contributed by atoms with Crippen LogP contribution in [0, 0.1) is 5.92 Å². The molecule has 2 aliphatic heterocycles. The number of fused-ring (bicyclic) bond motifs is 2. The van der Waals surface area contributed by atoms with Crippen LogP contribution in [-0.2, 0) is 11.2 Å². The monoisotopic (exact) mass is 390 g/mol. The van der Waals surface area contributed by atoms with Gasteiger partial charge in [0.25, 0.3) is 0 Å². The number of aromatic nitrogens is 2. The number of nitrogens with zero attached hydrogens (tertiary/aromatic N) is 2. The minimum absolute atomic E-state index is 0.0401. The van der Waals surface area contributed by atoms with E-state index in [1.807, 2.05) is 23.2 Å². The number of ether oxygens (including phenoxy) is 1. The van der Waals surface area contributed by atoms with E-state index in [1.165, 1.54) is 11.1 Å². The molecular formula is C23H26N4O2. The lowest BCUT2D eigenvalue weighted by Gasteiger charge is -2.32. The summed E-state index contributed by atoms with van der Waals surface area (Å²) in [7, 11) is 0. The molecule has 5 rings (SSSR count). The molecule has 6 heteroatoms. The van der Waals surface area contributed by atoms with E-state index in [4.69, 9.17) is 4.74 Å². The van der Waals surface area contributed by atoms with Crippen molar-refractivity contribution in [2.45, 2.75) is 24.8 Å². The molecule has 4 heterocycles. The van der Waals surface area contributed by atoms with Gasteiger partial charge in [-0.1, -0.05) is 30.3 Å². The molecule has 3 atom stereocenters. The van der Waals surface area contributed by atoms with Crippen LogP contribution in [0.25, 0.3) is 11.0 Å². The first-order valence-corrected chi connectivity index (χ1v) is 10.4. The second kappa shape index (κ2) is 7.87. The molecule has 2 aliphatic rings. The third kappa shape index (κ3) is 3.49. The largest absolute Gasteiger partial charge is 0.381 e. The van der Waals surface area contributed by atoms with Crippen molar-refractivity contribution < 1.29 is 9.53 Å². The summed E-state index contributed by atoms with van der Waals surface area (Å²) >= 11 is 0. The molecule has 29 heavy (non-hydrogen) atoms. The molecular weight excluding hydrogens is 364 g/mol. The first-order valence-electron chi connectivity index (χ1n) is 10.4. The van der Waals surface area contributed by atoms with Gasteiger partial charge in [-0.3, -0.25) is 0 Å². The molecule has 1 aromatic carbocycles. The lowest BCUT2D eigenvalue weighted by molar-refractivity contribution is 0.0262. The van der Waals surface area contributed by atoms with Crippen molar-refractivity contribution in [3.05, 3.63) is 66.0 Å². The molecule has 2 amide bonds. The van der Waals surface area contributed by atoms with Gasteiger partial charge in [-0.15, -0.1) is 0 Å². The van der Waals surface area contributed by atoms with E-state index < -0.39 is 0 Å². The number of H-pyrrole nitrogens is 1. The van der Waals surface area contributed by atoms with Crippen LogP contribution in [0.5, 0.6) is 0 Å². The Labute approximate surface area is 170 Å². The number of carbonyl (C=O) groups is 1. The van der Waals surface area contributed by atoms with E-state index >= 15 is 0 Å². The predicted octanol–water partition coefficient (Wildman–Crippen LogP) is 3.32. The van der Waals surface area contributed by atoms with E-state index in [0.717, 1.165) is 43.6 Å². The molecule has 2 aromatic heterocycles. The summed E-state index contributed by atoms with van der Waals surface area (Å²) in [6.45, 7) is 2.83. The normalized spacial score (nSPS) is 23.9. The highest BCUT2D eigenvalue weighted by atomic mass is 16.5. The standard InChI is InChI=1S/C23H26N4O2/c28-23(25-11-8-17-13-26-22-18(17)7-4-10-24-22)27-14-19(16-5-2-1-3-6-16)20-15-29-12-9-21(20)27/h1-7,10,13,19-21H,8-9,11-12,14-15H2,(H,24,26)(H,25,28). The Morgan fingerprint density at radius 2 is 2.14 bits per heavy atom. The minimum atomic E-state index is 0.0401. The molecule has 3 aromatic rings. The van der Waals surface area contributed by atoms with Gasteiger partial charge in [0.1, 0.15) is 5.65 Å². The zero-order valence-electron chi connectivity index (χ0n) is 16.4. The number of likely N-dealkylation sites (tertiary alicyclic amines) is 1. The second-order valence-electron chi connectivity index (χ2n) is 7.96. The first kappa shape index (κ1) is 18.2. The van der Waals surface area contributed by atoms with Crippen LogP contribution < -0.4 is 5.32 Å². The Morgan fingerprint density at radius 1 is 1.24 bits per heavy atom. The van der Waals surface area contributed by atoms with E-state index in [2.05, 4.69) is 45.6 Å². The van der Waals surface area contributed by atoms with Crippen LogP contribution in [0.1, 0.15) is 23.5 Å². The Morgan fingerprint density at radius 3 is 3.03 bits per heavy atom. The van der Waals surface area contributed by atoms with E-state index in [-0.39, 0.29) is 12.1 Å². The molecule has 2 saturated heterocycles. The predicted molar refractivity (Wildman–Crippen MR) is 112 cm³/mol. The van der Waals surface area contributed by atoms with Crippen molar-refractivity contribution in [3.63, 3.8) is 0 Å². The van der Waals surface area contributed by atoms with Crippen molar-refractivity contribution in [3.8, 4) is 0 Å². The number of hydrogen-bond donors (Lipinski definition) is 2. The topological polar surface area (TPSA) is 70.2 Å². The summed E-state index contributed by atoms with van der Waals surface area (Å²) in [5.41, 5.74) is 3.37. The zero-order chi connectivity index (χ0) is 19.6. The average Bonchev–Trinajstić information content (AvgIpc) is 3.36. The van der Waals surface area contributed by atoms with Gasteiger partial charge in [0, 0.05) is 55.4 Å². The van der Waals surface area contributed by atoms with Crippen molar-refractivity contribution in [2.24, 2.45) is 5.92 Å². The molecule has 2 fully saturated rings. The molecule has 0 spiro atoms. The summed E-state index contributed by atoms with van der Waals surface area (Å²) in [6.07, 6.45) is 5.46. The number of amides is 2. The van der Waals surface area contributed by atoms with Crippen LogP contribution >= 0.6 is 0 Å². The smallest absolute Gasteiger partial charge is 0.317 e. The maximum absolute atomic E-state index is 13.0. The number of nitrogens with one attached hydrogen (secondary N) is 2. The maximum atomic E-state index is 13.0. The Balaban J connectivity index is 1.25. The van der Waals surface area contributed by atoms with Crippen molar-refractivity contribution >= 4 is 17.1 Å². The zero-order valence-corrected chi connectivity index (χ0v) is 16.4. The fourth-order valence-electron chi connectivity index (χ4n) is 4.91. The fourth-order valence-corrected chi connectivity index (χ4v) is 4.91. The number of benzene rings is 1. The third-order valence-corrected chi connectivity index (χ3v) is 6.37. The first-order chi connectivity index (χ1) is 14.3. The minimum Gasteiger partial charge on any atom is -0.381 e. The van der Waals surface area contributed by atoms with E-state index in [0.29, 0.717) is 18.4 Å². The average molecular weight is 390 g/mol. The van der Waals surface area contributed by atoms with E-state index in [1.54, 1.807) is 6.20 Å². The number of pyridine rings is 1. The lowest BCUT2D eigenvalue weighted by Crippen LogP contribution is -2.47. The quantitative estimate of drug-likeness (QED) is 0.718. The number of carbonyl (C=O) groups excluding carboxylic acids is 1. The summed E-state index contributed by atoms with van der Waals surface area (Å²) in [6, 6.07) is 14.8. The molecule has 0 aliphatic carbocycles. The molecule has 2 N–H and O–H groups in total. The number of urea groups is 1. The Kier molecular flexibility index (Phi) is 4.94. The third-order valence-electron chi connectivity index (χ3n) is 6.37. The number of hydrogen-bond acceptors (Lipinski definition) is 3. The van der Waals surface area contributed by atoms with Crippen LogP contribution in [0.15, 0.2) is 54.9 Å². The summed E-state index contributed by atoms with van der Waals surface area (Å²) in [5, 5.41) is 4.27. The van der Waals surface area contributed by atoms with E-state index in [9.17, 15) is 4.79 Å². The number of aromatic amines is 1. The summed E-state index contributed by atoms with van der Waals surface area (Å²) in [4.78, 5) is 22.6. The van der Waals surface area contributed by atoms with Crippen molar-refractivity contribution in [1.82, 2.24) is 20.2 Å². The van der Waals surface area contributed by atoms with Gasteiger partial charge in [0.15, 0.2) is 0 Å². The van der Waals surface area contributed by atoms with Gasteiger partial charge in [-0.25, -0.2) is 9.78 Å². The van der Waals surface area contributed by atoms with Gasteiger partial charge in [-0.2, -0.15) is 0 Å². The van der Waals surface area contributed by atoms with Crippen LogP contribution in [-0.4, -0.2) is 53.2 Å². The summed E-state index contributed by atoms with van der Waals surface area (Å²) in [5.74, 6) is 0.712. The summed E-state index contributed by atoms with van der Waals surface area (Å²) < 4.78 is 5.77. The highest BCUT2D eigenvalue weighted by Gasteiger charge is 2.45. The molecule has 150 valence electrons. The van der Waals surface area contributed by atoms with Gasteiger partial charge < -0.3 is 19.9 Å². The molecule has 3 unspecified atom stereocenters. The van der Waals surface area contributed by atoms with Crippen LogP contribution in [0.3, 0.4) is 0 Å². The molecule has 0 radical (unpaired) electrons. The highest BCUT2D eigenvalue weighted by Crippen LogP contribution is 2.40. The van der Waals surface area contributed by atoms with Gasteiger partial charge in [0.05, 0.1) is 6.61 Å². The van der Waals surface area contributed by atoms with Gasteiger partial charge in [0.2, 0.25) is 0 Å². The molecule has 6 nitrogen and oxygen atoms in total. The Bertz CT molecular complexity index is 987. The van der Waals surface area contributed by atoms with Gasteiger partial charge in [-0.05, 0) is 36.1 Å². The second-order valence-corrected chi connectivity index (χ2v) is 7.96. The van der Waals surface area contributed by atoms with Crippen LogP contribution in [0.2, 0.25) is 0 Å². The number of rotatable bonds is 4. The highest BCUT2D eigenvalue weighted by molar-refractivity contribution is 5.79. The van der Waals surface area contributed by atoms with Crippen molar-refractivity contribution in [2.75, 3.05) is 26.3 Å². The lowest BCUT2D eigenvalue weighted by atomic mass is 9.84. The Hall–Kier alpha value is -2.86. The van der Waals surface area contributed by atoms with Crippen molar-refractivity contribution in [1.29, 1.82) is 0 Å².